The van der Waals surface area contributed by atoms with E-state index in [0.29, 0.717) is 0 Å². The molecular weight excluding hydrogens is 1880 g/mol. The van der Waals surface area contributed by atoms with Crippen molar-refractivity contribution in [2.75, 3.05) is 66.1 Å². The zero-order chi connectivity index (χ0) is 99.2. The molecule has 64 heteroatoms. The fraction of sp³-hybridized carbons (Fsp3) is 0.929. The Labute approximate surface area is 756 Å². The summed E-state index contributed by atoms with van der Waals surface area (Å²) in [6.07, 6.45) is -103. The molecule has 0 aliphatic carbocycles. The van der Waals surface area contributed by atoms with Gasteiger partial charge in [-0.3, -0.25) is 42.1 Å². The minimum Gasteiger partial charge on any atom is -0.394 e. The average molecular weight is 2000 g/mol. The van der Waals surface area contributed by atoms with Gasteiger partial charge in [-0.15, -0.1) is 0 Å². The Hall–Kier alpha value is -4.19. The van der Waals surface area contributed by atoms with E-state index < -0.39 is 418 Å². The highest BCUT2D eigenvalue weighted by molar-refractivity contribution is 7.47. The molecule has 10 rings (SSSR count). The third-order valence-electron chi connectivity index (χ3n) is 23.2. The van der Waals surface area contributed by atoms with Crippen LogP contribution in [-0.2, 0) is 132 Å². The van der Waals surface area contributed by atoms with Gasteiger partial charge < -0.3 is 255 Å². The average Bonchev–Trinajstić information content (AvgIpc) is 0.755. The lowest BCUT2D eigenvalue weighted by atomic mass is 9.93. The molecule has 2 unspecified atom stereocenters. The maximum absolute atomic E-state index is 13.6. The number of hydrogen-bond donors (Lipinski definition) is 34. The van der Waals surface area contributed by atoms with E-state index >= 15 is 0 Å². The van der Waals surface area contributed by atoms with Crippen molar-refractivity contribution in [3.63, 3.8) is 0 Å². The van der Waals surface area contributed by atoms with Crippen LogP contribution in [-0.4, -0.2) is 550 Å². The van der Waals surface area contributed by atoms with E-state index in [4.69, 9.17) is 98.6 Å². The van der Waals surface area contributed by atoms with Gasteiger partial charge >= 0.3 is 15.6 Å². The van der Waals surface area contributed by atoms with Crippen molar-refractivity contribution >= 4 is 45.2 Å². The summed E-state index contributed by atoms with van der Waals surface area (Å²) in [4.78, 5) is 83.9. The third kappa shape index (κ3) is 26.3. The number of nitrogens with one attached hydrogen (secondary N) is 5. The molecule has 776 valence electrons. The normalized spacial score (nSPS) is 47.2. The topological polar surface area (TPSA) is 960 Å². The van der Waals surface area contributed by atoms with E-state index in [2.05, 4.69) is 26.6 Å². The van der Waals surface area contributed by atoms with Gasteiger partial charge in [0.2, 0.25) is 29.5 Å². The quantitative estimate of drug-likeness (QED) is 0.0257. The second kappa shape index (κ2) is 48.3. The summed E-state index contributed by atoms with van der Waals surface area (Å²) in [6.45, 7) is -7.26. The lowest BCUT2D eigenvalue weighted by Crippen LogP contribution is -2.71. The van der Waals surface area contributed by atoms with Gasteiger partial charge in [-0.05, 0) is 0 Å². The Kier molecular flexibility index (Phi) is 40.3. The number of amides is 5. The molecule has 10 aliphatic heterocycles. The van der Waals surface area contributed by atoms with Crippen LogP contribution < -0.4 is 26.6 Å². The number of rotatable bonds is 37. The van der Waals surface area contributed by atoms with Crippen LogP contribution in [0.25, 0.3) is 0 Å². The second-order valence-electron chi connectivity index (χ2n) is 32.9. The predicted molar refractivity (Wildman–Crippen MR) is 409 cm³/mol. The maximum atomic E-state index is 13.6. The number of hydrogen-bond acceptors (Lipinski definition) is 55. The molecule has 10 saturated heterocycles. The molecule has 10 fully saturated rings. The van der Waals surface area contributed by atoms with Gasteiger partial charge in [-0.25, -0.2) is 9.13 Å². The molecule has 0 radical (unpaired) electrons. The molecule has 0 spiro atoms. The number of phosphoric ester groups is 2. The van der Waals surface area contributed by atoms with Gasteiger partial charge in [0.1, 0.15) is 244 Å². The Balaban J connectivity index is 0.956. The summed E-state index contributed by atoms with van der Waals surface area (Å²) in [7, 11) is -11.3. The van der Waals surface area contributed by atoms with Crippen molar-refractivity contribution < 1.29 is 279 Å². The lowest BCUT2D eigenvalue weighted by molar-refractivity contribution is -0.399. The van der Waals surface area contributed by atoms with Crippen molar-refractivity contribution in [3.05, 3.63) is 0 Å². The number of carbonyl (C=O) groups is 5. The van der Waals surface area contributed by atoms with Crippen LogP contribution in [0.4, 0.5) is 0 Å². The predicted octanol–water partition coefficient (Wildman–Crippen LogP) is -21.9. The molecule has 0 saturated carbocycles. The highest BCUT2D eigenvalue weighted by atomic mass is 31.2. The van der Waals surface area contributed by atoms with Crippen LogP contribution in [0.2, 0.25) is 0 Å². The van der Waals surface area contributed by atoms with Crippen molar-refractivity contribution in [2.24, 2.45) is 0 Å². The van der Waals surface area contributed by atoms with E-state index in [1.807, 2.05) is 0 Å². The zero-order valence-corrected chi connectivity index (χ0v) is 73.0. The molecule has 0 aromatic carbocycles. The standard InChI is InChI=1S/C70H119N5O57P2/c1-16(82)71-31-45(97)56(25(10-80)116-61(31)75-20(5)86)126-62-34(74-19(4)85)46(98)57(26(11-81)121-62)127-69-55(107)59(129-70-60(50(102)38(90)24(9-79)120-70)130-68-53(105)49(101)40(92)30(125-68)15-115-134(110,111)132-64-33(73-18(3)84)44(96)36(88)22(7-77)118-64)42(94)28(124-69)13-113-66-54(106)58(128-67-52(104)47(99)37(89)23(8-78)119-67)41(93)27(122-66)12-112-65-51(103)48(100)39(91)29(123-65)14-114-133(108,109)131-63-32(72-17(2)83)43(95)35(87)21(6-76)117-63/h21-70,76-81,87-107H,6-15H2,1-5H3,(H,71,82)(H,72,83)(H,73,84)(H,74,85)(H,75,86)(H,108,109)(H,110,111)/t21-,22-,23-,24-,25-,26-,27-,28-,29-,30-,31-,32-,33-,34-,35-,36-,37-,38-,39-,40-,41-,42-,43-,44-,45-,46-,47+,48+,49+,50+,51+,52+,53+,54+,55+,56-,57-,58+,59+,60+,61-,62+,63-,64-,65+,66+,67-,68-,69+,70-/m1/s1. The molecule has 10 aliphatic rings. The van der Waals surface area contributed by atoms with E-state index in [9.17, 15) is 181 Å². The van der Waals surface area contributed by atoms with Crippen molar-refractivity contribution in [3.8, 4) is 0 Å². The second-order valence-corrected chi connectivity index (χ2v) is 35.7. The van der Waals surface area contributed by atoms with Gasteiger partial charge in [0.25, 0.3) is 0 Å². The van der Waals surface area contributed by atoms with Crippen LogP contribution in [0.15, 0.2) is 0 Å². The van der Waals surface area contributed by atoms with Gasteiger partial charge in [0.05, 0.1) is 66.1 Å². The Bertz CT molecular complexity index is 3860. The summed E-state index contributed by atoms with van der Waals surface area (Å²) in [5, 5.41) is 313. The monoisotopic (exact) mass is 2000 g/mol. The Morgan fingerprint density at radius 3 is 0.903 bits per heavy atom. The van der Waals surface area contributed by atoms with Gasteiger partial charge in [-0.1, -0.05) is 0 Å². The lowest BCUT2D eigenvalue weighted by Gasteiger charge is -2.51. The van der Waals surface area contributed by atoms with Crippen LogP contribution in [0, 0.1) is 0 Å². The molecule has 0 aromatic rings. The largest absolute Gasteiger partial charge is 0.474 e. The fourth-order valence-electron chi connectivity index (χ4n) is 16.2. The molecule has 0 bridgehead atoms. The van der Waals surface area contributed by atoms with Crippen LogP contribution in [0.3, 0.4) is 0 Å². The summed E-state index contributed by atoms with van der Waals surface area (Å²) >= 11 is 0. The first-order chi connectivity index (χ1) is 62.9. The van der Waals surface area contributed by atoms with Crippen LogP contribution >= 0.6 is 15.6 Å². The van der Waals surface area contributed by atoms with E-state index in [1.165, 1.54) is 0 Å². The van der Waals surface area contributed by atoms with Crippen molar-refractivity contribution in [2.45, 2.75) is 341 Å². The molecule has 0 aromatic heterocycles. The molecule has 5 amide bonds. The maximum Gasteiger partial charge on any atom is 0.474 e. The first-order valence-electron chi connectivity index (χ1n) is 41.6. The first kappa shape index (κ1) is 112. The van der Waals surface area contributed by atoms with Crippen LogP contribution in [0.5, 0.6) is 0 Å². The summed E-state index contributed by atoms with van der Waals surface area (Å²) < 4.78 is 146. The van der Waals surface area contributed by atoms with Crippen molar-refractivity contribution in [1.29, 1.82) is 0 Å². The number of carbonyl (C=O) groups excluding carboxylic acids is 5. The van der Waals surface area contributed by atoms with E-state index in [0.717, 1.165) is 34.6 Å². The molecule has 52 atom stereocenters. The summed E-state index contributed by atoms with van der Waals surface area (Å²) in [5.74, 6) is -4.37. The smallest absolute Gasteiger partial charge is 0.394 e. The fourth-order valence-corrected chi connectivity index (χ4v) is 17.8. The summed E-state index contributed by atoms with van der Waals surface area (Å²) in [6, 6.07) is -7.28. The third-order valence-corrected chi connectivity index (χ3v) is 25.1. The summed E-state index contributed by atoms with van der Waals surface area (Å²) in [5.41, 5.74) is 0. The highest BCUT2D eigenvalue weighted by Gasteiger charge is 2.62. The minimum absolute atomic E-state index is 0.755. The first-order valence-corrected chi connectivity index (χ1v) is 44.6. The van der Waals surface area contributed by atoms with Crippen molar-refractivity contribution in [1.82, 2.24) is 26.6 Å². The van der Waals surface area contributed by atoms with Gasteiger partial charge in [0.15, 0.2) is 62.8 Å². The number of aliphatic hydroxyl groups excluding tert-OH is 27. The van der Waals surface area contributed by atoms with Crippen LogP contribution in [0.1, 0.15) is 34.6 Å². The van der Waals surface area contributed by atoms with E-state index in [-0.39, 0.29) is 0 Å². The molecule has 134 heavy (non-hydrogen) atoms. The Morgan fingerprint density at radius 1 is 0.239 bits per heavy atom. The number of aliphatic hydroxyl groups is 27. The minimum atomic E-state index is -5.69. The highest BCUT2D eigenvalue weighted by Crippen LogP contribution is 2.50. The van der Waals surface area contributed by atoms with Gasteiger partial charge in [-0.2, -0.15) is 0 Å². The number of ether oxygens (including phenoxy) is 17. The number of phosphoric acid groups is 2. The zero-order valence-electron chi connectivity index (χ0n) is 71.2. The van der Waals surface area contributed by atoms with Gasteiger partial charge in [0, 0.05) is 34.6 Å². The molecule has 34 N–H and O–H groups in total. The SMILES string of the molecule is CC(=O)N[C@@H]1[C@@H](O)[C@H](O[C@@H]2O[C@H](CO)[C@@H](O[C@@H]3O[C@H](CO[C@H]4O[C@H](CO[C@H]5O[C@H](COP(=O)(O)O[C@H]6O[C@H](CO)[C@@H](O)[C@H](O)[C@H]6NC(C)=O)[C@@H](O)[C@H](O)[C@@H]5O)[C@@H](O)[C@H](O[C@H]5O[C@H](CO)[C@@H](O)[C@H](O)[C@@H]5O)[C@@H]4O)[C@@H](O)[C@H](O[C@H]4O[C@H](CO)[C@@H](O)[C@H](O)[C@@H]4O[C@H]4O[C@H](COP(=O)(O)O[C@H]5O[C@H](CO)[C@@H](O)[C@H](O)[C@H]5NC(C)=O)[C@@H](O)[C@H](O)[C@@H]4O)[C@@H]3O)[C@H](O)[C@H]2NC(C)=O)[C@@H](CO)O[C@H]1NC(C)=O. The molecular formula is C70H119N5O57P2. The molecule has 10 heterocycles. The Morgan fingerprint density at radius 2 is 0.500 bits per heavy atom. The molecule has 62 nitrogen and oxygen atoms in total. The van der Waals surface area contributed by atoms with E-state index in [1.54, 1.807) is 0 Å².